The molecule has 0 heterocycles. The topological polar surface area (TPSA) is 57.2 Å². The van der Waals surface area contributed by atoms with E-state index < -0.39 is 56.6 Å². The minimum absolute atomic E-state index is 0.0497. The zero-order chi connectivity index (χ0) is 38.8. The van der Waals surface area contributed by atoms with Crippen LogP contribution in [0.3, 0.4) is 0 Å². The molecule has 50 heavy (non-hydrogen) atoms. The third-order valence-electron chi connectivity index (χ3n) is 7.51. The summed E-state index contributed by atoms with van der Waals surface area (Å²) in [6, 6.07) is 30.7. The lowest BCUT2D eigenvalue weighted by Crippen LogP contribution is -2.90. The van der Waals surface area contributed by atoms with Crippen molar-refractivity contribution in [2.75, 3.05) is 0 Å². The first-order valence-electron chi connectivity index (χ1n) is 13.5. The molecule has 0 amide bonds. The predicted octanol–water partition coefficient (Wildman–Crippen LogP) is 9.74. The summed E-state index contributed by atoms with van der Waals surface area (Å²) in [4.78, 5) is 4.10. The summed E-state index contributed by atoms with van der Waals surface area (Å²) in [7, 11) is -8.43. The maximum Gasteiger partial charge on any atom is 0.457 e. The third-order valence-corrected chi connectivity index (χ3v) is 10.9. The Morgan fingerprint density at radius 2 is 0.860 bits per heavy atom. The normalized spacial score (nSPS) is 24.6. The molecule has 0 N–H and O–H groups in total. The molecule has 0 aromatic heterocycles. The van der Waals surface area contributed by atoms with E-state index in [1.54, 1.807) is 0 Å². The van der Waals surface area contributed by atoms with Crippen LogP contribution in [0.25, 0.3) is 0 Å². The molecule has 3 nitrogen and oxygen atoms in total. The second-order valence-corrected chi connectivity index (χ2v) is 15.3. The van der Waals surface area contributed by atoms with E-state index in [1.807, 2.05) is 0 Å². The number of alkyl halides is 15. The predicted molar refractivity (Wildman–Crippen MR) is 148 cm³/mol. The second kappa shape index (κ2) is 12.5. The van der Waals surface area contributed by atoms with Gasteiger partial charge in [-0.2, -0.15) is 57.1 Å². The molecule has 0 atom stereocenters. The zero-order valence-corrected chi connectivity index (χ0v) is 26.9. The smallest absolute Gasteiger partial charge is 0.457 e. The molecule has 4 rings (SSSR count). The average Bonchev–Trinajstić information content (AvgIpc) is 2.99. The fourth-order valence-corrected chi connectivity index (χ4v) is 7.71. The standard InChI is InChI=1S/C22H23S.C8HF15O3S/c1-22(2,3)18-14-16-21(17-15-18)23(19-10-6-4-7-11-19)20-12-8-5-9-13-20;9-1(4(14,15)8(21,22)23)2(10,11)5(16,17)7(20,27(24,25)26)6(18,19)3(1,12)13/h4-17H,1-3H3;(H,24,25,26)/q+1;/p-1. The fourth-order valence-electron chi connectivity index (χ4n) is 4.75. The molecule has 1 fully saturated rings. The SMILES string of the molecule is CC(C)(C)c1ccc([S+](c2ccccc2)c2ccccc2)cc1.O=S(=O)([O-])C1(F)C(F)(F)C(F)(F)C(F)(C(F)(F)C(F)(F)F)C(F)(F)C1(F)F. The largest absolute Gasteiger partial charge is 0.745 e. The summed E-state index contributed by atoms with van der Waals surface area (Å²) in [5.41, 5.74) is -7.05. The summed E-state index contributed by atoms with van der Waals surface area (Å²) >= 11 is 0. The highest BCUT2D eigenvalue weighted by Gasteiger charge is 3.07. The number of hydrogen-bond acceptors (Lipinski definition) is 3. The molecule has 1 aliphatic rings. The molecule has 0 spiro atoms. The van der Waals surface area contributed by atoms with Crippen molar-refractivity contribution in [2.45, 2.75) is 87.3 Å². The van der Waals surface area contributed by atoms with Crippen LogP contribution >= 0.6 is 0 Å². The molecular weight excluding hydrogens is 757 g/mol. The Morgan fingerprint density at radius 3 is 1.14 bits per heavy atom. The summed E-state index contributed by atoms with van der Waals surface area (Å²) in [5, 5.41) is -8.02. The van der Waals surface area contributed by atoms with Gasteiger partial charge in [0.2, 0.25) is 0 Å². The van der Waals surface area contributed by atoms with E-state index in [1.165, 1.54) is 20.2 Å². The van der Waals surface area contributed by atoms with E-state index in [0.29, 0.717) is 0 Å². The van der Waals surface area contributed by atoms with Crippen LogP contribution in [0, 0.1) is 0 Å². The lowest BCUT2D eigenvalue weighted by Gasteiger charge is -2.56. The average molecular weight is 781 g/mol. The van der Waals surface area contributed by atoms with Crippen molar-refractivity contribution < 1.29 is 78.8 Å². The number of benzene rings is 3. The van der Waals surface area contributed by atoms with Crippen molar-refractivity contribution in [2.24, 2.45) is 0 Å². The monoisotopic (exact) mass is 780 g/mol. The highest BCUT2D eigenvalue weighted by molar-refractivity contribution is 7.97. The summed E-state index contributed by atoms with van der Waals surface area (Å²) in [6.07, 6.45) is -7.96. The molecule has 278 valence electrons. The van der Waals surface area contributed by atoms with E-state index in [2.05, 4.69) is 106 Å². The Bertz CT molecular complexity index is 1690. The minimum Gasteiger partial charge on any atom is -0.745 e. The van der Waals surface area contributed by atoms with Gasteiger partial charge in [-0.05, 0) is 47.4 Å². The van der Waals surface area contributed by atoms with Gasteiger partial charge >= 0.3 is 46.5 Å². The highest BCUT2D eigenvalue weighted by Crippen LogP contribution is 2.74. The maximum atomic E-state index is 13.7. The number of hydrogen-bond donors (Lipinski definition) is 0. The molecule has 0 saturated heterocycles. The first-order chi connectivity index (χ1) is 22.3. The van der Waals surface area contributed by atoms with Crippen LogP contribution < -0.4 is 0 Å². The quantitative estimate of drug-likeness (QED) is 0.147. The fraction of sp³-hybridized carbons (Fsp3) is 0.400. The molecule has 20 heteroatoms. The van der Waals surface area contributed by atoms with Gasteiger partial charge in [-0.3, -0.25) is 0 Å². The number of rotatable bonds is 5. The van der Waals surface area contributed by atoms with Crippen LogP contribution in [-0.4, -0.2) is 59.4 Å². The Balaban J connectivity index is 0.000000273. The number of halogens is 15. The lowest BCUT2D eigenvalue weighted by atomic mass is 9.69. The third kappa shape index (κ3) is 5.81. The highest BCUT2D eigenvalue weighted by atomic mass is 32.2. The Kier molecular flexibility index (Phi) is 10.3. The van der Waals surface area contributed by atoms with Gasteiger partial charge in [0.1, 0.15) is 10.1 Å². The summed E-state index contributed by atoms with van der Waals surface area (Å²) in [6.45, 7) is 6.78. The van der Waals surface area contributed by atoms with Crippen molar-refractivity contribution in [1.29, 1.82) is 0 Å². The van der Waals surface area contributed by atoms with Crippen LogP contribution in [0.1, 0.15) is 26.3 Å². The molecule has 1 aliphatic carbocycles. The van der Waals surface area contributed by atoms with Crippen LogP contribution in [-0.2, 0) is 26.4 Å². The Labute approximate surface area is 277 Å². The van der Waals surface area contributed by atoms with Crippen LogP contribution in [0.2, 0.25) is 0 Å². The van der Waals surface area contributed by atoms with Gasteiger partial charge in [-0.25, -0.2) is 17.2 Å². The van der Waals surface area contributed by atoms with Gasteiger partial charge in [0.25, 0.3) is 0 Å². The van der Waals surface area contributed by atoms with Crippen molar-refractivity contribution in [3.8, 4) is 0 Å². The molecule has 0 unspecified atom stereocenters. The van der Waals surface area contributed by atoms with Gasteiger partial charge in [-0.1, -0.05) is 69.3 Å². The van der Waals surface area contributed by atoms with E-state index in [4.69, 9.17) is 0 Å². The molecule has 0 radical (unpaired) electrons. The Morgan fingerprint density at radius 1 is 0.540 bits per heavy atom. The molecule has 3 aromatic rings. The zero-order valence-electron chi connectivity index (χ0n) is 25.3. The van der Waals surface area contributed by atoms with Crippen molar-refractivity contribution in [3.05, 3.63) is 90.5 Å². The Hall–Kier alpha value is -3.13. The van der Waals surface area contributed by atoms with Gasteiger partial charge < -0.3 is 4.55 Å². The molecule has 0 bridgehead atoms. The lowest BCUT2D eigenvalue weighted by molar-refractivity contribution is -0.493. The van der Waals surface area contributed by atoms with Gasteiger partial charge in [0.05, 0.1) is 10.9 Å². The van der Waals surface area contributed by atoms with E-state index >= 15 is 0 Å². The van der Waals surface area contributed by atoms with Crippen molar-refractivity contribution in [3.63, 3.8) is 0 Å². The van der Waals surface area contributed by atoms with Crippen molar-refractivity contribution in [1.82, 2.24) is 0 Å². The van der Waals surface area contributed by atoms with Crippen LogP contribution in [0.4, 0.5) is 65.9 Å². The van der Waals surface area contributed by atoms with E-state index in [-0.39, 0.29) is 16.3 Å². The molecule has 0 aliphatic heterocycles. The van der Waals surface area contributed by atoms with Crippen LogP contribution in [0.5, 0.6) is 0 Å². The van der Waals surface area contributed by atoms with Gasteiger partial charge in [0.15, 0.2) is 14.7 Å². The summed E-state index contributed by atoms with van der Waals surface area (Å²) in [5.74, 6) is -42.1. The second-order valence-electron chi connectivity index (χ2n) is 11.8. The first kappa shape index (κ1) is 41.3. The first-order valence-corrected chi connectivity index (χ1v) is 16.2. The molecule has 1 saturated carbocycles. The minimum atomic E-state index is -8.63. The van der Waals surface area contributed by atoms with Gasteiger partial charge in [0, 0.05) is 0 Å². The molecule has 3 aromatic carbocycles. The van der Waals surface area contributed by atoms with Crippen LogP contribution in [0.15, 0.2) is 99.6 Å². The molecular formula is C30H23F15O3S2. The summed E-state index contributed by atoms with van der Waals surface area (Å²) < 4.78 is 227. The van der Waals surface area contributed by atoms with E-state index in [0.717, 1.165) is 0 Å². The van der Waals surface area contributed by atoms with Gasteiger partial charge in [-0.15, -0.1) is 0 Å². The van der Waals surface area contributed by atoms with E-state index in [9.17, 15) is 78.8 Å². The van der Waals surface area contributed by atoms with Crippen molar-refractivity contribution >= 4 is 21.0 Å². The maximum absolute atomic E-state index is 13.7.